The van der Waals surface area contributed by atoms with Gasteiger partial charge in [-0.15, -0.1) is 0 Å². The van der Waals surface area contributed by atoms with Crippen LogP contribution in [0.25, 0.3) is 0 Å². The summed E-state index contributed by atoms with van der Waals surface area (Å²) in [7, 11) is 0. The predicted molar refractivity (Wildman–Crippen MR) is 75.9 cm³/mol. The highest BCUT2D eigenvalue weighted by molar-refractivity contribution is 9.10. The van der Waals surface area contributed by atoms with Gasteiger partial charge in [0.15, 0.2) is 0 Å². The van der Waals surface area contributed by atoms with E-state index < -0.39 is 0 Å². The van der Waals surface area contributed by atoms with Gasteiger partial charge in [0, 0.05) is 16.4 Å². The summed E-state index contributed by atoms with van der Waals surface area (Å²) < 4.78 is 0.986. The van der Waals surface area contributed by atoms with Crippen molar-refractivity contribution in [2.24, 2.45) is 0 Å². The maximum atomic E-state index is 4.32. The molecular formula is C14H15BrN2. The monoisotopic (exact) mass is 290 g/mol. The second kappa shape index (κ2) is 4.88. The van der Waals surface area contributed by atoms with Crippen LogP contribution in [-0.2, 0) is 0 Å². The van der Waals surface area contributed by atoms with Crippen molar-refractivity contribution in [3.8, 4) is 0 Å². The molecule has 0 radical (unpaired) electrons. The van der Waals surface area contributed by atoms with Crippen LogP contribution in [0.4, 0.5) is 11.5 Å². The molecule has 2 aromatic rings. The zero-order valence-corrected chi connectivity index (χ0v) is 11.8. The van der Waals surface area contributed by atoms with Gasteiger partial charge in [0.2, 0.25) is 0 Å². The molecule has 0 aliphatic rings. The Hall–Kier alpha value is -1.35. The van der Waals surface area contributed by atoms with Crippen LogP contribution >= 0.6 is 15.9 Å². The third-order valence-corrected chi connectivity index (χ3v) is 3.13. The number of hydrogen-bond donors (Lipinski definition) is 1. The number of halogens is 1. The van der Waals surface area contributed by atoms with E-state index in [1.165, 1.54) is 16.7 Å². The zero-order valence-electron chi connectivity index (χ0n) is 10.2. The SMILES string of the molecule is Cc1cc(C)c(Nc2ccc(Br)cn2)c(C)c1. The standard InChI is InChI=1S/C14H15BrN2/c1-9-6-10(2)14(11(3)7-9)17-13-5-4-12(15)8-16-13/h4-8H,1-3H3,(H,16,17). The topological polar surface area (TPSA) is 24.9 Å². The minimum atomic E-state index is 0.864. The van der Waals surface area contributed by atoms with Gasteiger partial charge in [-0.25, -0.2) is 4.98 Å². The minimum absolute atomic E-state index is 0.864. The lowest BCUT2D eigenvalue weighted by atomic mass is 10.1. The molecule has 2 rings (SSSR count). The van der Waals surface area contributed by atoms with E-state index in [1.807, 2.05) is 12.1 Å². The molecule has 1 N–H and O–H groups in total. The van der Waals surface area contributed by atoms with Crippen LogP contribution in [0, 0.1) is 20.8 Å². The van der Waals surface area contributed by atoms with Crippen LogP contribution in [0.1, 0.15) is 16.7 Å². The van der Waals surface area contributed by atoms with Gasteiger partial charge < -0.3 is 5.32 Å². The highest BCUT2D eigenvalue weighted by Gasteiger charge is 2.04. The summed E-state index contributed by atoms with van der Waals surface area (Å²) >= 11 is 3.38. The Morgan fingerprint density at radius 2 is 1.71 bits per heavy atom. The van der Waals surface area contributed by atoms with E-state index >= 15 is 0 Å². The van der Waals surface area contributed by atoms with Gasteiger partial charge in [0.1, 0.15) is 5.82 Å². The number of hydrogen-bond acceptors (Lipinski definition) is 2. The van der Waals surface area contributed by atoms with Crippen molar-refractivity contribution >= 4 is 27.4 Å². The van der Waals surface area contributed by atoms with E-state index in [0.29, 0.717) is 0 Å². The van der Waals surface area contributed by atoms with Crippen molar-refractivity contribution in [1.29, 1.82) is 0 Å². The highest BCUT2D eigenvalue weighted by atomic mass is 79.9. The van der Waals surface area contributed by atoms with Gasteiger partial charge in [-0.1, -0.05) is 17.7 Å². The van der Waals surface area contributed by atoms with Gasteiger partial charge in [-0.2, -0.15) is 0 Å². The van der Waals surface area contributed by atoms with Crippen LogP contribution in [0.15, 0.2) is 34.9 Å². The number of rotatable bonds is 2. The van der Waals surface area contributed by atoms with E-state index in [9.17, 15) is 0 Å². The maximum Gasteiger partial charge on any atom is 0.130 e. The van der Waals surface area contributed by atoms with Gasteiger partial charge in [-0.3, -0.25) is 0 Å². The summed E-state index contributed by atoms with van der Waals surface area (Å²) in [6.07, 6.45) is 1.79. The second-order valence-corrected chi connectivity index (χ2v) is 5.18. The first kappa shape index (κ1) is 12.1. The third kappa shape index (κ3) is 2.86. The summed E-state index contributed by atoms with van der Waals surface area (Å²) in [5, 5.41) is 3.36. The molecular weight excluding hydrogens is 276 g/mol. The number of pyridine rings is 1. The summed E-state index contributed by atoms with van der Waals surface area (Å²) in [4.78, 5) is 4.32. The number of anilines is 2. The first-order valence-electron chi connectivity index (χ1n) is 5.52. The van der Waals surface area contributed by atoms with Gasteiger partial charge in [-0.05, 0) is 60.0 Å². The molecule has 0 atom stereocenters. The number of nitrogens with one attached hydrogen (secondary N) is 1. The van der Waals surface area contributed by atoms with Crippen molar-refractivity contribution < 1.29 is 0 Å². The van der Waals surface area contributed by atoms with Crippen molar-refractivity contribution in [2.75, 3.05) is 5.32 Å². The largest absolute Gasteiger partial charge is 0.340 e. The quantitative estimate of drug-likeness (QED) is 0.880. The average molecular weight is 291 g/mol. The Morgan fingerprint density at radius 1 is 1.06 bits per heavy atom. The molecule has 2 nitrogen and oxygen atoms in total. The summed E-state index contributed by atoms with van der Waals surface area (Å²) in [5.41, 5.74) is 4.92. The molecule has 0 saturated carbocycles. The Morgan fingerprint density at radius 3 is 2.24 bits per heavy atom. The van der Waals surface area contributed by atoms with Gasteiger partial charge in [0.25, 0.3) is 0 Å². The lowest BCUT2D eigenvalue weighted by molar-refractivity contribution is 1.25. The smallest absolute Gasteiger partial charge is 0.130 e. The summed E-state index contributed by atoms with van der Waals surface area (Å²) in [6, 6.07) is 8.29. The second-order valence-electron chi connectivity index (χ2n) is 4.26. The van der Waals surface area contributed by atoms with E-state index in [1.54, 1.807) is 6.20 Å². The van der Waals surface area contributed by atoms with Crippen molar-refractivity contribution in [2.45, 2.75) is 20.8 Å². The van der Waals surface area contributed by atoms with Crippen LogP contribution in [0.2, 0.25) is 0 Å². The molecule has 1 heterocycles. The Labute approximate surface area is 110 Å². The van der Waals surface area contributed by atoms with Crippen LogP contribution in [0.5, 0.6) is 0 Å². The molecule has 17 heavy (non-hydrogen) atoms. The molecule has 1 aromatic carbocycles. The normalized spacial score (nSPS) is 10.4. The third-order valence-electron chi connectivity index (χ3n) is 2.66. The number of aromatic nitrogens is 1. The minimum Gasteiger partial charge on any atom is -0.340 e. The molecule has 3 heteroatoms. The first-order valence-corrected chi connectivity index (χ1v) is 6.32. The lowest BCUT2D eigenvalue weighted by Gasteiger charge is -2.13. The first-order chi connectivity index (χ1) is 8.06. The van der Waals surface area contributed by atoms with E-state index in [0.717, 1.165) is 16.0 Å². The van der Waals surface area contributed by atoms with Crippen molar-refractivity contribution in [3.05, 3.63) is 51.6 Å². The van der Waals surface area contributed by atoms with Crippen molar-refractivity contribution in [3.63, 3.8) is 0 Å². The Bertz CT molecular complexity index is 509. The molecule has 0 aliphatic carbocycles. The number of benzene rings is 1. The zero-order chi connectivity index (χ0) is 12.4. The van der Waals surface area contributed by atoms with E-state index in [2.05, 4.69) is 59.1 Å². The highest BCUT2D eigenvalue weighted by Crippen LogP contribution is 2.25. The van der Waals surface area contributed by atoms with Gasteiger partial charge >= 0.3 is 0 Å². The maximum absolute atomic E-state index is 4.32. The fourth-order valence-corrected chi connectivity index (χ4v) is 2.19. The van der Waals surface area contributed by atoms with Crippen molar-refractivity contribution in [1.82, 2.24) is 4.98 Å². The fourth-order valence-electron chi connectivity index (χ4n) is 1.96. The summed E-state index contributed by atoms with van der Waals surface area (Å²) in [6.45, 7) is 6.34. The van der Waals surface area contributed by atoms with E-state index in [-0.39, 0.29) is 0 Å². The number of aryl methyl sites for hydroxylation is 3. The molecule has 0 unspecified atom stereocenters. The molecule has 0 spiro atoms. The predicted octanol–water partition coefficient (Wildman–Crippen LogP) is 4.51. The Kier molecular flexibility index (Phi) is 3.48. The fraction of sp³-hybridized carbons (Fsp3) is 0.214. The number of nitrogens with zero attached hydrogens (tertiary/aromatic N) is 1. The Balaban J connectivity index is 2.33. The average Bonchev–Trinajstić information content (AvgIpc) is 2.26. The summed E-state index contributed by atoms with van der Waals surface area (Å²) in [5.74, 6) is 0.864. The molecule has 1 aromatic heterocycles. The van der Waals surface area contributed by atoms with E-state index in [4.69, 9.17) is 0 Å². The van der Waals surface area contributed by atoms with Gasteiger partial charge in [0.05, 0.1) is 0 Å². The molecule has 0 amide bonds. The molecule has 0 bridgehead atoms. The van der Waals surface area contributed by atoms with Crippen LogP contribution < -0.4 is 5.32 Å². The lowest BCUT2D eigenvalue weighted by Crippen LogP contribution is -1.98. The molecule has 0 aliphatic heterocycles. The van der Waals surface area contributed by atoms with Crippen LogP contribution in [0.3, 0.4) is 0 Å². The molecule has 88 valence electrons. The molecule has 0 fully saturated rings. The van der Waals surface area contributed by atoms with Crippen LogP contribution in [-0.4, -0.2) is 4.98 Å². The molecule has 0 saturated heterocycles.